The van der Waals surface area contributed by atoms with Crippen molar-refractivity contribution < 1.29 is 4.79 Å². The second-order valence-electron chi connectivity index (χ2n) is 4.65. The van der Waals surface area contributed by atoms with Crippen molar-refractivity contribution in [2.75, 3.05) is 5.43 Å². The minimum atomic E-state index is -0.0337. The first kappa shape index (κ1) is 11.9. The molecule has 0 radical (unpaired) electrons. The lowest BCUT2D eigenvalue weighted by atomic mass is 10.1. The Balaban J connectivity index is 2.14. The fourth-order valence-electron chi connectivity index (χ4n) is 2.31. The zero-order chi connectivity index (χ0) is 12.3. The number of aryl methyl sites for hydroxylation is 1. The van der Waals surface area contributed by atoms with Crippen molar-refractivity contribution in [3.8, 4) is 0 Å². The topological polar surface area (TPSA) is 67.1 Å². The molecule has 0 bridgehead atoms. The zero-order valence-corrected chi connectivity index (χ0v) is 10.1. The van der Waals surface area contributed by atoms with Crippen LogP contribution in [0.5, 0.6) is 0 Å². The van der Waals surface area contributed by atoms with Crippen molar-refractivity contribution >= 4 is 11.6 Å². The van der Waals surface area contributed by atoms with Crippen LogP contribution in [-0.4, -0.2) is 11.9 Å². The zero-order valence-electron chi connectivity index (χ0n) is 10.1. The molecule has 92 valence electrons. The maximum absolute atomic E-state index is 12.1. The molecule has 0 aromatic heterocycles. The first-order valence-electron chi connectivity index (χ1n) is 6.09. The molecule has 1 saturated carbocycles. The average molecular weight is 233 g/mol. The molecule has 4 nitrogen and oxygen atoms in total. The predicted octanol–water partition coefficient (Wildman–Crippen LogP) is 1.95. The highest BCUT2D eigenvalue weighted by Gasteiger charge is 2.19. The van der Waals surface area contributed by atoms with Crippen LogP contribution in [0.1, 0.15) is 41.6 Å². The van der Waals surface area contributed by atoms with E-state index in [2.05, 4.69) is 10.7 Å². The number of hydrogen-bond acceptors (Lipinski definition) is 3. The van der Waals surface area contributed by atoms with Gasteiger partial charge < -0.3 is 10.7 Å². The van der Waals surface area contributed by atoms with Crippen LogP contribution in [0.3, 0.4) is 0 Å². The van der Waals surface area contributed by atoms with Crippen LogP contribution >= 0.6 is 0 Å². The number of carbonyl (C=O) groups is 1. The number of nitrogens with two attached hydrogens (primary N) is 1. The lowest BCUT2D eigenvalue weighted by Gasteiger charge is -2.14. The summed E-state index contributed by atoms with van der Waals surface area (Å²) in [6, 6.07) is 5.95. The number of hydrogen-bond donors (Lipinski definition) is 3. The van der Waals surface area contributed by atoms with E-state index in [-0.39, 0.29) is 5.91 Å². The summed E-state index contributed by atoms with van der Waals surface area (Å²) in [6.07, 6.45) is 4.59. The summed E-state index contributed by atoms with van der Waals surface area (Å²) in [5.41, 5.74) is 4.92. The molecule has 0 saturated heterocycles. The largest absolute Gasteiger partial charge is 0.349 e. The number of carbonyl (C=O) groups excluding carboxylic acids is 1. The molecule has 0 unspecified atom stereocenters. The monoisotopic (exact) mass is 233 g/mol. The molecule has 17 heavy (non-hydrogen) atoms. The molecule has 1 aliphatic rings. The van der Waals surface area contributed by atoms with E-state index in [0.717, 1.165) is 18.4 Å². The summed E-state index contributed by atoms with van der Waals surface area (Å²) in [5, 5.41) is 3.06. The maximum atomic E-state index is 12.1. The standard InChI is InChI=1S/C13H19N3O/c1-9-6-7-12(16-14)11(8-9)13(17)15-10-4-2-3-5-10/h6-8,10,16H,2-5,14H2,1H3,(H,15,17). The van der Waals surface area contributed by atoms with E-state index in [0.29, 0.717) is 17.3 Å². The van der Waals surface area contributed by atoms with Crippen LogP contribution in [-0.2, 0) is 0 Å². The van der Waals surface area contributed by atoms with E-state index in [1.807, 2.05) is 25.1 Å². The van der Waals surface area contributed by atoms with Crippen LogP contribution in [0.4, 0.5) is 5.69 Å². The highest BCUT2D eigenvalue weighted by Crippen LogP contribution is 2.20. The highest BCUT2D eigenvalue weighted by atomic mass is 16.1. The molecule has 1 aromatic rings. The molecule has 0 heterocycles. The van der Waals surface area contributed by atoms with Crippen molar-refractivity contribution in [1.29, 1.82) is 0 Å². The van der Waals surface area contributed by atoms with Gasteiger partial charge in [-0.05, 0) is 31.9 Å². The Morgan fingerprint density at radius 3 is 2.71 bits per heavy atom. The predicted molar refractivity (Wildman–Crippen MR) is 68.7 cm³/mol. The summed E-state index contributed by atoms with van der Waals surface area (Å²) in [7, 11) is 0. The van der Waals surface area contributed by atoms with Gasteiger partial charge in [-0.3, -0.25) is 10.6 Å². The second-order valence-corrected chi connectivity index (χ2v) is 4.65. The van der Waals surface area contributed by atoms with Crippen LogP contribution in [0, 0.1) is 6.92 Å². The third-order valence-corrected chi connectivity index (χ3v) is 3.27. The first-order chi connectivity index (χ1) is 8.20. The normalized spacial score (nSPS) is 15.9. The minimum Gasteiger partial charge on any atom is -0.349 e. The van der Waals surface area contributed by atoms with Crippen LogP contribution < -0.4 is 16.6 Å². The number of rotatable bonds is 3. The molecule has 0 aliphatic heterocycles. The van der Waals surface area contributed by atoms with Crippen LogP contribution in [0.25, 0.3) is 0 Å². The van der Waals surface area contributed by atoms with Crippen molar-refractivity contribution in [2.45, 2.75) is 38.6 Å². The Kier molecular flexibility index (Phi) is 3.64. The summed E-state index contributed by atoms with van der Waals surface area (Å²) in [4.78, 5) is 12.1. The van der Waals surface area contributed by atoms with Crippen LogP contribution in [0.2, 0.25) is 0 Å². The van der Waals surface area contributed by atoms with Crippen molar-refractivity contribution in [3.05, 3.63) is 29.3 Å². The smallest absolute Gasteiger partial charge is 0.253 e. The molecule has 1 amide bonds. The molecule has 4 heteroatoms. The average Bonchev–Trinajstić information content (AvgIpc) is 2.81. The second kappa shape index (κ2) is 5.19. The summed E-state index contributed by atoms with van der Waals surface area (Å²) >= 11 is 0. The molecule has 0 spiro atoms. The summed E-state index contributed by atoms with van der Waals surface area (Å²) < 4.78 is 0. The van der Waals surface area contributed by atoms with Gasteiger partial charge in [-0.2, -0.15) is 0 Å². The van der Waals surface area contributed by atoms with E-state index < -0.39 is 0 Å². The van der Waals surface area contributed by atoms with Crippen molar-refractivity contribution in [1.82, 2.24) is 5.32 Å². The van der Waals surface area contributed by atoms with Gasteiger partial charge in [-0.25, -0.2) is 0 Å². The molecule has 0 atom stereocenters. The van der Waals surface area contributed by atoms with Gasteiger partial charge in [-0.1, -0.05) is 24.5 Å². The molecular formula is C13H19N3O. The molecule has 1 fully saturated rings. The number of benzene rings is 1. The highest BCUT2D eigenvalue weighted by molar-refractivity contribution is 5.99. The van der Waals surface area contributed by atoms with Gasteiger partial charge >= 0.3 is 0 Å². The Labute approximate surface area is 102 Å². The van der Waals surface area contributed by atoms with Gasteiger partial charge in [0.1, 0.15) is 0 Å². The molecule has 2 rings (SSSR count). The lowest BCUT2D eigenvalue weighted by molar-refractivity contribution is 0.0938. The molecule has 4 N–H and O–H groups in total. The Morgan fingerprint density at radius 2 is 2.06 bits per heavy atom. The Hall–Kier alpha value is -1.55. The van der Waals surface area contributed by atoms with E-state index in [9.17, 15) is 4.79 Å². The maximum Gasteiger partial charge on any atom is 0.253 e. The van der Waals surface area contributed by atoms with Crippen molar-refractivity contribution in [2.24, 2.45) is 5.84 Å². The molecule has 1 aromatic carbocycles. The van der Waals surface area contributed by atoms with Gasteiger partial charge in [-0.15, -0.1) is 0 Å². The number of hydrazine groups is 1. The third-order valence-electron chi connectivity index (χ3n) is 3.27. The third kappa shape index (κ3) is 2.77. The van der Waals surface area contributed by atoms with E-state index in [1.54, 1.807) is 0 Å². The first-order valence-corrected chi connectivity index (χ1v) is 6.09. The Bertz CT molecular complexity index is 411. The Morgan fingerprint density at radius 1 is 1.35 bits per heavy atom. The van der Waals surface area contributed by atoms with Gasteiger partial charge in [0, 0.05) is 6.04 Å². The minimum absolute atomic E-state index is 0.0337. The number of nitrogens with one attached hydrogen (secondary N) is 2. The van der Waals surface area contributed by atoms with E-state index in [4.69, 9.17) is 5.84 Å². The van der Waals surface area contributed by atoms with Gasteiger partial charge in [0.05, 0.1) is 11.3 Å². The quantitative estimate of drug-likeness (QED) is 0.552. The molecule has 1 aliphatic carbocycles. The SMILES string of the molecule is Cc1ccc(NN)c(C(=O)NC2CCCC2)c1. The summed E-state index contributed by atoms with van der Waals surface area (Å²) in [6.45, 7) is 1.96. The number of amides is 1. The summed E-state index contributed by atoms with van der Waals surface area (Å²) in [5.74, 6) is 5.38. The van der Waals surface area contributed by atoms with Crippen LogP contribution in [0.15, 0.2) is 18.2 Å². The fourth-order valence-corrected chi connectivity index (χ4v) is 2.31. The lowest BCUT2D eigenvalue weighted by Crippen LogP contribution is -2.33. The van der Waals surface area contributed by atoms with Gasteiger partial charge in [0.25, 0.3) is 5.91 Å². The van der Waals surface area contributed by atoms with E-state index >= 15 is 0 Å². The van der Waals surface area contributed by atoms with Crippen molar-refractivity contribution in [3.63, 3.8) is 0 Å². The van der Waals surface area contributed by atoms with E-state index in [1.165, 1.54) is 12.8 Å². The molecular weight excluding hydrogens is 214 g/mol. The van der Waals surface area contributed by atoms with Gasteiger partial charge in [0.15, 0.2) is 0 Å². The number of anilines is 1. The number of nitrogen functional groups attached to an aromatic ring is 1. The fraction of sp³-hybridized carbons (Fsp3) is 0.462. The van der Waals surface area contributed by atoms with Gasteiger partial charge in [0.2, 0.25) is 0 Å².